The highest BCUT2D eigenvalue weighted by Crippen LogP contribution is 2.39. The number of ketones is 1. The molecular weight excluding hydrogens is 484 g/mol. The zero-order chi connectivity index (χ0) is 25.9. The van der Waals surface area contributed by atoms with Gasteiger partial charge in [0, 0.05) is 32.3 Å². The van der Waals surface area contributed by atoms with Gasteiger partial charge in [-0.25, -0.2) is 8.42 Å². The second-order valence-electron chi connectivity index (χ2n) is 8.75. The van der Waals surface area contributed by atoms with Crippen LogP contribution in [-0.4, -0.2) is 74.9 Å². The van der Waals surface area contributed by atoms with Gasteiger partial charge >= 0.3 is 0 Å². The number of hydrogen-bond acceptors (Lipinski definition) is 7. The smallest absolute Gasteiger partial charge is 0.295 e. The third-order valence-electron chi connectivity index (χ3n) is 6.59. The van der Waals surface area contributed by atoms with Gasteiger partial charge in [-0.15, -0.1) is 0 Å². The van der Waals surface area contributed by atoms with E-state index in [0.29, 0.717) is 24.4 Å². The second kappa shape index (κ2) is 10.8. The van der Waals surface area contributed by atoms with Gasteiger partial charge in [0.05, 0.1) is 30.2 Å². The summed E-state index contributed by atoms with van der Waals surface area (Å²) in [6, 6.07) is 11.8. The average molecular weight is 515 g/mol. The number of aliphatic hydroxyl groups is 1. The Morgan fingerprint density at radius 1 is 0.972 bits per heavy atom. The van der Waals surface area contributed by atoms with Crippen molar-refractivity contribution in [3.8, 4) is 5.75 Å². The van der Waals surface area contributed by atoms with Crippen LogP contribution in [0.3, 0.4) is 0 Å². The SMILES string of the molecule is COCCN1C(=O)C(=O)C(=C(O)c2ccc(S(=O)(=O)N3CCCCC3)cc2)[C@@H]1c1ccc(OC)cc1. The normalized spacial score (nSPS) is 20.6. The molecule has 2 fully saturated rings. The number of piperidine rings is 1. The van der Waals surface area contributed by atoms with Crippen molar-refractivity contribution in [3.63, 3.8) is 0 Å². The van der Waals surface area contributed by atoms with Gasteiger partial charge in [0.1, 0.15) is 11.5 Å². The Morgan fingerprint density at radius 2 is 1.61 bits per heavy atom. The summed E-state index contributed by atoms with van der Waals surface area (Å²) in [5.74, 6) is -1.30. The van der Waals surface area contributed by atoms with Gasteiger partial charge < -0.3 is 19.5 Å². The lowest BCUT2D eigenvalue weighted by molar-refractivity contribution is -0.140. The zero-order valence-corrected chi connectivity index (χ0v) is 21.2. The topological polar surface area (TPSA) is 113 Å². The lowest BCUT2D eigenvalue weighted by Crippen LogP contribution is -2.35. The van der Waals surface area contributed by atoms with Crippen molar-refractivity contribution in [1.82, 2.24) is 9.21 Å². The summed E-state index contributed by atoms with van der Waals surface area (Å²) in [5.41, 5.74) is 0.806. The number of methoxy groups -OCH3 is 2. The molecule has 0 spiro atoms. The maximum Gasteiger partial charge on any atom is 0.295 e. The van der Waals surface area contributed by atoms with Crippen molar-refractivity contribution in [2.75, 3.05) is 40.5 Å². The van der Waals surface area contributed by atoms with E-state index in [-0.39, 0.29) is 34.9 Å². The summed E-state index contributed by atoms with van der Waals surface area (Å²) >= 11 is 0. The molecule has 2 aromatic carbocycles. The molecule has 1 N–H and O–H groups in total. The van der Waals surface area contributed by atoms with Gasteiger partial charge in [0.25, 0.3) is 11.7 Å². The van der Waals surface area contributed by atoms with E-state index in [1.54, 1.807) is 24.3 Å². The minimum Gasteiger partial charge on any atom is -0.507 e. The van der Waals surface area contributed by atoms with Crippen LogP contribution < -0.4 is 4.74 Å². The van der Waals surface area contributed by atoms with Crippen molar-refractivity contribution in [2.45, 2.75) is 30.2 Å². The molecule has 0 aromatic heterocycles. The van der Waals surface area contributed by atoms with E-state index in [0.717, 1.165) is 19.3 Å². The maximum absolute atomic E-state index is 13.1. The van der Waals surface area contributed by atoms with Gasteiger partial charge in [-0.2, -0.15) is 4.31 Å². The van der Waals surface area contributed by atoms with Crippen LogP contribution in [-0.2, 0) is 24.3 Å². The highest BCUT2D eigenvalue weighted by atomic mass is 32.2. The number of carbonyl (C=O) groups is 2. The minimum absolute atomic E-state index is 0.0621. The van der Waals surface area contributed by atoms with Crippen molar-refractivity contribution < 1.29 is 32.6 Å². The number of hydrogen-bond donors (Lipinski definition) is 1. The molecule has 0 saturated carbocycles. The lowest BCUT2D eigenvalue weighted by Gasteiger charge is -2.26. The molecule has 36 heavy (non-hydrogen) atoms. The number of aliphatic hydroxyl groups excluding tert-OH is 1. The molecule has 192 valence electrons. The Morgan fingerprint density at radius 3 is 2.19 bits per heavy atom. The van der Waals surface area contributed by atoms with E-state index in [1.807, 2.05) is 0 Å². The average Bonchev–Trinajstić information content (AvgIpc) is 3.17. The first-order chi connectivity index (χ1) is 17.3. The van der Waals surface area contributed by atoms with Gasteiger partial charge in [-0.05, 0) is 54.8 Å². The van der Waals surface area contributed by atoms with Gasteiger partial charge in [0.2, 0.25) is 10.0 Å². The predicted octanol–water partition coefficient (Wildman–Crippen LogP) is 2.94. The number of amides is 1. The van der Waals surface area contributed by atoms with Crippen molar-refractivity contribution in [3.05, 3.63) is 65.2 Å². The van der Waals surface area contributed by atoms with Gasteiger partial charge in [-0.1, -0.05) is 18.6 Å². The number of likely N-dealkylation sites (tertiary alicyclic amines) is 1. The van der Waals surface area contributed by atoms with Crippen molar-refractivity contribution in [1.29, 1.82) is 0 Å². The first kappa shape index (κ1) is 25.9. The second-order valence-corrected chi connectivity index (χ2v) is 10.7. The molecule has 2 aliphatic heterocycles. The Bertz CT molecular complexity index is 1250. The van der Waals surface area contributed by atoms with Crippen LogP contribution in [0.5, 0.6) is 5.75 Å². The van der Waals surface area contributed by atoms with E-state index >= 15 is 0 Å². The highest BCUT2D eigenvalue weighted by Gasteiger charge is 2.45. The van der Waals surface area contributed by atoms with E-state index in [9.17, 15) is 23.1 Å². The summed E-state index contributed by atoms with van der Waals surface area (Å²) in [5, 5.41) is 11.2. The van der Waals surface area contributed by atoms with Crippen molar-refractivity contribution in [2.24, 2.45) is 0 Å². The molecule has 4 rings (SSSR count). The highest BCUT2D eigenvalue weighted by molar-refractivity contribution is 7.89. The fourth-order valence-corrected chi connectivity index (χ4v) is 6.14. The molecule has 1 atom stereocenters. The molecule has 2 heterocycles. The molecule has 0 radical (unpaired) electrons. The molecule has 1 amide bonds. The molecule has 10 heteroatoms. The largest absolute Gasteiger partial charge is 0.507 e. The van der Waals surface area contributed by atoms with E-state index < -0.39 is 27.8 Å². The molecule has 2 aromatic rings. The third-order valence-corrected chi connectivity index (χ3v) is 8.50. The first-order valence-electron chi connectivity index (χ1n) is 11.8. The zero-order valence-electron chi connectivity index (χ0n) is 20.3. The maximum atomic E-state index is 13.1. The summed E-state index contributed by atoms with van der Waals surface area (Å²) in [6.45, 7) is 1.33. The van der Waals surface area contributed by atoms with Crippen LogP contribution in [0.4, 0.5) is 0 Å². The summed E-state index contributed by atoms with van der Waals surface area (Å²) in [4.78, 5) is 27.4. The summed E-state index contributed by atoms with van der Waals surface area (Å²) in [7, 11) is -0.607. The number of nitrogens with zero attached hydrogens (tertiary/aromatic N) is 2. The number of sulfonamides is 1. The summed E-state index contributed by atoms with van der Waals surface area (Å²) < 4.78 is 37.8. The monoisotopic (exact) mass is 514 g/mol. The summed E-state index contributed by atoms with van der Waals surface area (Å²) in [6.07, 6.45) is 2.66. The standard InChI is InChI=1S/C26H30N2O7S/c1-34-17-16-28-23(18-6-10-20(35-2)11-7-18)22(25(30)26(28)31)24(29)19-8-12-21(13-9-19)36(32,33)27-14-4-3-5-15-27/h6-13,23,29H,3-5,14-17H2,1-2H3/t23-/m0/s1. The van der Waals surface area contributed by atoms with Crippen LogP contribution in [0, 0.1) is 0 Å². The van der Waals surface area contributed by atoms with Crippen LogP contribution in [0.2, 0.25) is 0 Å². The molecule has 0 unspecified atom stereocenters. The van der Waals surface area contributed by atoms with Crippen LogP contribution >= 0.6 is 0 Å². The predicted molar refractivity (Wildman–Crippen MR) is 133 cm³/mol. The number of Topliss-reactive ketones (excluding diaryl/α,β-unsaturated/α-hetero) is 1. The van der Waals surface area contributed by atoms with Crippen molar-refractivity contribution >= 4 is 27.5 Å². The molecule has 0 aliphatic carbocycles. The fraction of sp³-hybridized carbons (Fsp3) is 0.385. The van der Waals surface area contributed by atoms with Crippen LogP contribution in [0.1, 0.15) is 36.4 Å². The Labute approximate surface area is 211 Å². The van der Waals surface area contributed by atoms with Crippen LogP contribution in [0.15, 0.2) is 59.0 Å². The fourth-order valence-electron chi connectivity index (χ4n) is 4.63. The lowest BCUT2D eigenvalue weighted by atomic mass is 9.95. The van der Waals surface area contributed by atoms with Gasteiger partial charge in [-0.3, -0.25) is 9.59 Å². The van der Waals surface area contributed by atoms with E-state index in [1.165, 1.54) is 47.7 Å². The number of rotatable bonds is 8. The number of ether oxygens (including phenoxy) is 2. The number of carbonyl (C=O) groups excluding carboxylic acids is 2. The quantitative estimate of drug-likeness (QED) is 0.327. The van der Waals surface area contributed by atoms with E-state index in [2.05, 4.69) is 0 Å². The first-order valence-corrected chi connectivity index (χ1v) is 13.3. The van der Waals surface area contributed by atoms with Crippen LogP contribution in [0.25, 0.3) is 5.76 Å². The molecule has 2 aliphatic rings. The third kappa shape index (κ3) is 4.88. The number of benzene rings is 2. The Hall–Kier alpha value is -3.21. The Balaban J connectivity index is 1.73. The van der Waals surface area contributed by atoms with Gasteiger partial charge in [0.15, 0.2) is 0 Å². The molecular formula is C26H30N2O7S. The molecule has 9 nitrogen and oxygen atoms in total. The van der Waals surface area contributed by atoms with E-state index in [4.69, 9.17) is 9.47 Å². The molecule has 0 bridgehead atoms. The Kier molecular flexibility index (Phi) is 7.77. The minimum atomic E-state index is -3.64. The molecule has 2 saturated heterocycles.